The van der Waals surface area contributed by atoms with Gasteiger partial charge in [0.2, 0.25) is 0 Å². The zero-order valence-corrected chi connectivity index (χ0v) is 17.7. The van der Waals surface area contributed by atoms with Gasteiger partial charge in [-0.3, -0.25) is 0 Å². The number of hydrogen-bond donors (Lipinski definition) is 0. The van der Waals surface area contributed by atoms with Crippen LogP contribution in [0.4, 0.5) is 0 Å². The van der Waals surface area contributed by atoms with E-state index in [0.29, 0.717) is 68.6 Å². The van der Waals surface area contributed by atoms with Crippen molar-refractivity contribution in [2.75, 3.05) is 26.4 Å². The lowest BCUT2D eigenvalue weighted by Gasteiger charge is -2.48. The van der Waals surface area contributed by atoms with Crippen molar-refractivity contribution in [2.24, 2.45) is 23.2 Å². The fraction of sp³-hybridized carbons (Fsp3) is 1.00. The molecule has 0 bridgehead atoms. The van der Waals surface area contributed by atoms with Gasteiger partial charge in [-0.2, -0.15) is 0 Å². The summed E-state index contributed by atoms with van der Waals surface area (Å²) in [5, 5.41) is 0. The van der Waals surface area contributed by atoms with Crippen LogP contribution in [-0.2, 0) is 28.4 Å². The third kappa shape index (κ3) is 3.79. The Morgan fingerprint density at radius 1 is 0.759 bits per heavy atom. The Morgan fingerprint density at radius 2 is 1.38 bits per heavy atom. The van der Waals surface area contributed by atoms with E-state index in [0.717, 1.165) is 19.3 Å². The molecule has 6 aliphatic rings. The third-order valence-electron chi connectivity index (χ3n) is 8.48. The number of epoxide rings is 2. The molecule has 0 aromatic rings. The van der Waals surface area contributed by atoms with Crippen molar-refractivity contribution >= 4 is 0 Å². The van der Waals surface area contributed by atoms with Crippen molar-refractivity contribution in [1.82, 2.24) is 0 Å². The summed E-state index contributed by atoms with van der Waals surface area (Å²) in [6.45, 7) is 4.82. The van der Waals surface area contributed by atoms with Crippen LogP contribution in [0.2, 0.25) is 0 Å². The summed E-state index contributed by atoms with van der Waals surface area (Å²) in [6.07, 6.45) is 11.7. The molecule has 0 N–H and O–H groups in total. The molecule has 2 saturated carbocycles. The van der Waals surface area contributed by atoms with E-state index < -0.39 is 6.16 Å². The minimum Gasteiger partial charge on any atom is -0.369 e. The van der Waals surface area contributed by atoms with Gasteiger partial charge >= 0.3 is 6.16 Å². The van der Waals surface area contributed by atoms with Crippen LogP contribution in [0.25, 0.3) is 0 Å². The monoisotopic (exact) mass is 408 g/mol. The average molecular weight is 409 g/mol. The topological polar surface area (TPSA) is 62.0 Å². The van der Waals surface area contributed by atoms with Crippen LogP contribution in [0.3, 0.4) is 0 Å². The predicted octanol–water partition coefficient (Wildman–Crippen LogP) is 3.62. The van der Waals surface area contributed by atoms with Gasteiger partial charge in [-0.25, -0.2) is 0 Å². The molecule has 6 unspecified atom stereocenters. The minimum atomic E-state index is -1.27. The van der Waals surface area contributed by atoms with E-state index in [-0.39, 0.29) is 5.41 Å². The highest BCUT2D eigenvalue weighted by Gasteiger charge is 2.54. The SMILES string of the molecule is CCC1(CC2CCCC3OC23)COC2(OCC(CC3CCCC4OC34)CO2)OC1. The van der Waals surface area contributed by atoms with Crippen molar-refractivity contribution in [3.05, 3.63) is 0 Å². The van der Waals surface area contributed by atoms with Crippen LogP contribution in [0.1, 0.15) is 64.7 Å². The molecule has 2 aliphatic carbocycles. The van der Waals surface area contributed by atoms with Crippen LogP contribution < -0.4 is 0 Å². The van der Waals surface area contributed by atoms with E-state index in [2.05, 4.69) is 6.92 Å². The normalized spacial score (nSPS) is 53.9. The first-order valence-corrected chi connectivity index (χ1v) is 12.0. The molecule has 4 saturated heterocycles. The van der Waals surface area contributed by atoms with Gasteiger partial charge in [-0.1, -0.05) is 19.8 Å². The van der Waals surface area contributed by atoms with Gasteiger partial charge in [0.25, 0.3) is 0 Å². The lowest BCUT2D eigenvalue weighted by atomic mass is 9.73. The van der Waals surface area contributed by atoms with Crippen LogP contribution in [0.5, 0.6) is 0 Å². The highest BCUT2D eigenvalue weighted by Crippen LogP contribution is 2.49. The number of fused-ring (bicyclic) bond motifs is 2. The average Bonchev–Trinajstić information content (AvgIpc) is 3.66. The molecule has 6 heteroatoms. The molecule has 6 rings (SSSR count). The van der Waals surface area contributed by atoms with Gasteiger partial charge in [0.05, 0.1) is 50.8 Å². The largest absolute Gasteiger partial charge is 0.412 e. The molecule has 0 amide bonds. The minimum absolute atomic E-state index is 0.0494. The first-order chi connectivity index (χ1) is 14.2. The Hall–Kier alpha value is -0.240. The van der Waals surface area contributed by atoms with Crippen LogP contribution in [-0.4, -0.2) is 57.0 Å². The number of rotatable bonds is 5. The van der Waals surface area contributed by atoms with Crippen LogP contribution in [0, 0.1) is 23.2 Å². The third-order valence-corrected chi connectivity index (χ3v) is 8.48. The molecular weight excluding hydrogens is 372 g/mol. The molecule has 4 aliphatic heterocycles. The smallest absolute Gasteiger partial charge is 0.369 e. The van der Waals surface area contributed by atoms with E-state index in [4.69, 9.17) is 28.4 Å². The lowest BCUT2D eigenvalue weighted by molar-refractivity contribution is -0.542. The second-order valence-corrected chi connectivity index (χ2v) is 10.5. The van der Waals surface area contributed by atoms with Crippen LogP contribution in [0.15, 0.2) is 0 Å². The lowest BCUT2D eigenvalue weighted by Crippen LogP contribution is -2.56. The Balaban J connectivity index is 1.00. The van der Waals surface area contributed by atoms with Crippen LogP contribution >= 0.6 is 0 Å². The van der Waals surface area contributed by atoms with Crippen molar-refractivity contribution < 1.29 is 28.4 Å². The highest BCUT2D eigenvalue weighted by atomic mass is 17.0. The molecule has 164 valence electrons. The Bertz CT molecular complexity index is 592. The second kappa shape index (κ2) is 7.42. The van der Waals surface area contributed by atoms with Crippen molar-refractivity contribution in [3.63, 3.8) is 0 Å². The fourth-order valence-corrected chi connectivity index (χ4v) is 6.42. The van der Waals surface area contributed by atoms with Crippen molar-refractivity contribution in [1.29, 1.82) is 0 Å². The van der Waals surface area contributed by atoms with Gasteiger partial charge in [0, 0.05) is 11.3 Å². The molecule has 6 atom stereocenters. The zero-order chi connectivity index (χ0) is 19.5. The highest BCUT2D eigenvalue weighted by molar-refractivity contribution is 4.98. The number of ether oxygens (including phenoxy) is 6. The van der Waals surface area contributed by atoms with Gasteiger partial charge < -0.3 is 28.4 Å². The molecule has 0 aromatic carbocycles. The summed E-state index contributed by atoms with van der Waals surface area (Å²) >= 11 is 0. The summed E-state index contributed by atoms with van der Waals surface area (Å²) in [6, 6.07) is 0. The Labute approximate surface area is 173 Å². The molecule has 0 aromatic heterocycles. The predicted molar refractivity (Wildman–Crippen MR) is 104 cm³/mol. The first-order valence-electron chi connectivity index (χ1n) is 12.0. The Kier molecular flexibility index (Phi) is 4.98. The van der Waals surface area contributed by atoms with Gasteiger partial charge in [0.15, 0.2) is 0 Å². The quantitative estimate of drug-likeness (QED) is 0.648. The molecule has 29 heavy (non-hydrogen) atoms. The maximum Gasteiger partial charge on any atom is 0.412 e. The molecular formula is C23H36O6. The van der Waals surface area contributed by atoms with E-state index in [1.54, 1.807) is 0 Å². The zero-order valence-electron chi connectivity index (χ0n) is 17.7. The fourth-order valence-electron chi connectivity index (χ4n) is 6.42. The van der Waals surface area contributed by atoms with Crippen molar-refractivity contribution in [3.8, 4) is 0 Å². The van der Waals surface area contributed by atoms with Gasteiger partial charge in [-0.05, 0) is 56.8 Å². The van der Waals surface area contributed by atoms with Gasteiger partial charge in [-0.15, -0.1) is 0 Å². The molecule has 1 spiro atoms. The summed E-state index contributed by atoms with van der Waals surface area (Å²) in [5.74, 6) is 1.73. The summed E-state index contributed by atoms with van der Waals surface area (Å²) in [7, 11) is 0. The molecule has 4 heterocycles. The second-order valence-electron chi connectivity index (χ2n) is 10.5. The van der Waals surface area contributed by atoms with Gasteiger partial charge in [0.1, 0.15) is 0 Å². The first kappa shape index (κ1) is 19.4. The standard InChI is InChI=1S/C23H36O6/c1-2-22(10-17-6-4-8-19-21(17)29-19)13-26-23(27-14-22)24-11-15(12-25-23)9-16-5-3-7-18-20(16)28-18/h15-21H,2-14H2,1H3. The Morgan fingerprint density at radius 3 is 2.03 bits per heavy atom. The van der Waals surface area contributed by atoms with E-state index in [1.165, 1.54) is 38.5 Å². The van der Waals surface area contributed by atoms with E-state index in [1.807, 2.05) is 0 Å². The summed E-state index contributed by atoms with van der Waals surface area (Å²) < 4.78 is 36.0. The molecule has 6 nitrogen and oxygen atoms in total. The molecule has 6 fully saturated rings. The maximum absolute atomic E-state index is 6.14. The molecule has 0 radical (unpaired) electrons. The maximum atomic E-state index is 6.14. The van der Waals surface area contributed by atoms with Crippen molar-refractivity contribution in [2.45, 2.75) is 95.3 Å². The van der Waals surface area contributed by atoms with E-state index in [9.17, 15) is 0 Å². The van der Waals surface area contributed by atoms with E-state index >= 15 is 0 Å². The number of hydrogen-bond acceptors (Lipinski definition) is 6. The summed E-state index contributed by atoms with van der Waals surface area (Å²) in [5.41, 5.74) is 0.0494. The summed E-state index contributed by atoms with van der Waals surface area (Å²) in [4.78, 5) is 0.